The number of anilines is 1. The number of benzene rings is 1. The maximum atomic E-state index is 13.3. The van der Waals surface area contributed by atoms with Gasteiger partial charge in [-0.25, -0.2) is 4.39 Å². The maximum Gasteiger partial charge on any atom is 0.136 e. The first kappa shape index (κ1) is 11.5. The van der Waals surface area contributed by atoms with E-state index in [4.69, 9.17) is 16.2 Å². The minimum atomic E-state index is -0.548. The molecule has 0 spiro atoms. The Morgan fingerprint density at radius 1 is 1.67 bits per heavy atom. The number of halogens is 1. The molecule has 1 unspecified atom stereocenters. The Morgan fingerprint density at radius 2 is 2.33 bits per heavy atom. The quantitative estimate of drug-likeness (QED) is 0.441. The molecule has 0 saturated carbocycles. The van der Waals surface area contributed by atoms with Gasteiger partial charge in [0, 0.05) is 12.2 Å². The van der Waals surface area contributed by atoms with Crippen molar-refractivity contribution in [2.45, 2.75) is 13.0 Å². The van der Waals surface area contributed by atoms with E-state index in [1.807, 2.05) is 0 Å². The number of hydrogen-bond donors (Lipinski definition) is 4. The van der Waals surface area contributed by atoms with Crippen LogP contribution in [-0.4, -0.2) is 23.6 Å². The molecule has 5 heteroatoms. The van der Waals surface area contributed by atoms with E-state index in [9.17, 15) is 4.39 Å². The van der Waals surface area contributed by atoms with Crippen LogP contribution in [0.15, 0.2) is 18.2 Å². The highest BCUT2D eigenvalue weighted by atomic mass is 19.1. The van der Waals surface area contributed by atoms with Gasteiger partial charge < -0.3 is 16.2 Å². The lowest BCUT2D eigenvalue weighted by atomic mass is 10.1. The van der Waals surface area contributed by atoms with Gasteiger partial charge in [-0.15, -0.1) is 0 Å². The summed E-state index contributed by atoms with van der Waals surface area (Å²) in [6.07, 6.45) is -0.548. The second kappa shape index (κ2) is 4.75. The van der Waals surface area contributed by atoms with Crippen molar-refractivity contribution in [2.24, 2.45) is 5.73 Å². The highest BCUT2D eigenvalue weighted by Gasteiger charge is 2.10. The van der Waals surface area contributed by atoms with Crippen molar-refractivity contribution in [2.75, 3.05) is 11.9 Å². The first-order valence-corrected chi connectivity index (χ1v) is 4.57. The van der Waals surface area contributed by atoms with Gasteiger partial charge in [-0.2, -0.15) is 0 Å². The molecule has 1 aromatic rings. The van der Waals surface area contributed by atoms with Crippen LogP contribution in [0.1, 0.15) is 12.5 Å². The van der Waals surface area contributed by atoms with E-state index in [2.05, 4.69) is 5.32 Å². The van der Waals surface area contributed by atoms with Gasteiger partial charge in [-0.05, 0) is 19.1 Å². The van der Waals surface area contributed by atoms with E-state index in [1.54, 1.807) is 13.0 Å². The van der Waals surface area contributed by atoms with Crippen molar-refractivity contribution < 1.29 is 9.50 Å². The van der Waals surface area contributed by atoms with Gasteiger partial charge in [0.2, 0.25) is 0 Å². The van der Waals surface area contributed by atoms with Crippen LogP contribution >= 0.6 is 0 Å². The van der Waals surface area contributed by atoms with Crippen LogP contribution in [0.25, 0.3) is 0 Å². The standard InChI is InChI=1S/C10H14FN3O/c1-6(15)5-14-8-4-2-3-7(11)9(8)10(12)13/h2-4,6,14-15H,5H2,1H3,(H3,12,13). The zero-order valence-electron chi connectivity index (χ0n) is 8.42. The van der Waals surface area contributed by atoms with Gasteiger partial charge in [-0.1, -0.05) is 6.07 Å². The summed E-state index contributed by atoms with van der Waals surface area (Å²) in [5.74, 6) is -0.876. The number of nitrogens with one attached hydrogen (secondary N) is 2. The van der Waals surface area contributed by atoms with Crippen LogP contribution in [0.3, 0.4) is 0 Å². The Labute approximate surface area is 87.4 Å². The average Bonchev–Trinajstić information content (AvgIpc) is 2.13. The summed E-state index contributed by atoms with van der Waals surface area (Å²) in [5, 5.41) is 19.1. The van der Waals surface area contributed by atoms with Crippen molar-refractivity contribution >= 4 is 11.5 Å². The molecule has 0 aliphatic carbocycles. The van der Waals surface area contributed by atoms with E-state index < -0.39 is 11.9 Å². The van der Waals surface area contributed by atoms with Crippen LogP contribution in [0.2, 0.25) is 0 Å². The molecule has 0 aliphatic rings. The van der Waals surface area contributed by atoms with Gasteiger partial charge in [-0.3, -0.25) is 5.41 Å². The second-order valence-electron chi connectivity index (χ2n) is 3.31. The van der Waals surface area contributed by atoms with E-state index in [0.29, 0.717) is 5.69 Å². The van der Waals surface area contributed by atoms with Gasteiger partial charge in [0.1, 0.15) is 11.7 Å². The second-order valence-corrected chi connectivity index (χ2v) is 3.31. The molecule has 15 heavy (non-hydrogen) atoms. The molecule has 82 valence electrons. The lowest BCUT2D eigenvalue weighted by Crippen LogP contribution is -2.20. The van der Waals surface area contributed by atoms with E-state index in [-0.39, 0.29) is 17.9 Å². The van der Waals surface area contributed by atoms with Crippen LogP contribution in [0.4, 0.5) is 10.1 Å². The summed E-state index contributed by atoms with van der Waals surface area (Å²) in [7, 11) is 0. The Bertz CT molecular complexity index is 366. The average molecular weight is 211 g/mol. The van der Waals surface area contributed by atoms with E-state index in [0.717, 1.165) is 0 Å². The predicted octanol–water partition coefficient (Wildman–Crippen LogP) is 0.902. The van der Waals surface area contributed by atoms with Crippen molar-refractivity contribution in [3.63, 3.8) is 0 Å². The molecule has 4 nitrogen and oxygen atoms in total. The number of nitrogen functional groups attached to an aromatic ring is 1. The third-order valence-electron chi connectivity index (χ3n) is 1.87. The molecule has 0 aliphatic heterocycles. The van der Waals surface area contributed by atoms with Crippen molar-refractivity contribution in [1.29, 1.82) is 5.41 Å². The number of hydrogen-bond acceptors (Lipinski definition) is 3. The molecule has 0 saturated heterocycles. The molecule has 1 rings (SSSR count). The Kier molecular flexibility index (Phi) is 3.62. The minimum Gasteiger partial charge on any atom is -0.392 e. The third kappa shape index (κ3) is 2.92. The predicted molar refractivity (Wildman–Crippen MR) is 57.6 cm³/mol. The van der Waals surface area contributed by atoms with Gasteiger partial charge in [0.05, 0.1) is 11.7 Å². The van der Waals surface area contributed by atoms with Gasteiger partial charge >= 0.3 is 0 Å². The molecule has 0 fully saturated rings. The van der Waals surface area contributed by atoms with Crippen LogP contribution in [0, 0.1) is 11.2 Å². The molecular weight excluding hydrogens is 197 g/mol. The summed E-state index contributed by atoms with van der Waals surface area (Å²) in [4.78, 5) is 0. The Hall–Kier alpha value is -1.62. The number of aliphatic hydroxyl groups excluding tert-OH is 1. The lowest BCUT2D eigenvalue weighted by molar-refractivity contribution is 0.208. The highest BCUT2D eigenvalue weighted by molar-refractivity contribution is 6.00. The fraction of sp³-hybridized carbons (Fsp3) is 0.300. The molecule has 0 aromatic heterocycles. The highest BCUT2D eigenvalue weighted by Crippen LogP contribution is 2.18. The maximum absolute atomic E-state index is 13.3. The first-order valence-electron chi connectivity index (χ1n) is 4.57. The number of rotatable bonds is 4. The van der Waals surface area contributed by atoms with Gasteiger partial charge in [0.25, 0.3) is 0 Å². The van der Waals surface area contributed by atoms with E-state index >= 15 is 0 Å². The summed E-state index contributed by atoms with van der Waals surface area (Å²) in [6.45, 7) is 1.89. The summed E-state index contributed by atoms with van der Waals surface area (Å²) < 4.78 is 13.3. The van der Waals surface area contributed by atoms with Crippen LogP contribution in [0.5, 0.6) is 0 Å². The molecule has 1 atom stereocenters. The molecular formula is C10H14FN3O. The Balaban J connectivity index is 2.96. The molecule has 0 bridgehead atoms. The Morgan fingerprint density at radius 3 is 2.87 bits per heavy atom. The molecule has 0 radical (unpaired) electrons. The minimum absolute atomic E-state index is 0.0400. The van der Waals surface area contributed by atoms with Crippen molar-refractivity contribution in [1.82, 2.24) is 0 Å². The molecule has 1 aromatic carbocycles. The first-order chi connectivity index (χ1) is 7.02. The fourth-order valence-corrected chi connectivity index (χ4v) is 1.20. The topological polar surface area (TPSA) is 82.1 Å². The normalized spacial score (nSPS) is 12.2. The van der Waals surface area contributed by atoms with Gasteiger partial charge in [0.15, 0.2) is 0 Å². The SMILES string of the molecule is CC(O)CNc1cccc(F)c1C(=N)N. The lowest BCUT2D eigenvalue weighted by Gasteiger charge is -2.12. The zero-order chi connectivity index (χ0) is 11.4. The third-order valence-corrected chi connectivity index (χ3v) is 1.87. The zero-order valence-corrected chi connectivity index (χ0v) is 8.42. The smallest absolute Gasteiger partial charge is 0.136 e. The van der Waals surface area contributed by atoms with Crippen molar-refractivity contribution in [3.05, 3.63) is 29.6 Å². The van der Waals surface area contributed by atoms with E-state index in [1.165, 1.54) is 12.1 Å². The number of amidine groups is 1. The summed E-state index contributed by atoms with van der Waals surface area (Å²) in [5.41, 5.74) is 5.72. The van der Waals surface area contributed by atoms with Crippen LogP contribution in [-0.2, 0) is 0 Å². The number of aliphatic hydroxyl groups is 1. The molecule has 0 amide bonds. The van der Waals surface area contributed by atoms with Crippen molar-refractivity contribution in [3.8, 4) is 0 Å². The fourth-order valence-electron chi connectivity index (χ4n) is 1.20. The summed E-state index contributed by atoms with van der Waals surface area (Å²) in [6, 6.07) is 4.37. The van der Waals surface area contributed by atoms with Crippen LogP contribution < -0.4 is 11.1 Å². The molecule has 5 N–H and O–H groups in total. The largest absolute Gasteiger partial charge is 0.392 e. The molecule has 0 heterocycles. The number of nitrogens with two attached hydrogens (primary N) is 1. The summed E-state index contributed by atoms with van der Waals surface area (Å²) >= 11 is 0. The monoisotopic (exact) mass is 211 g/mol.